The lowest BCUT2D eigenvalue weighted by molar-refractivity contribution is -0.131. The maximum absolute atomic E-state index is 11.0. The number of hydrogen-bond donors (Lipinski definition) is 0. The minimum atomic E-state index is -0.285. The van der Waals surface area contributed by atoms with Crippen molar-refractivity contribution in [1.82, 2.24) is 0 Å². The number of carbonyl (C=O) groups excluding carboxylic acids is 1. The van der Waals surface area contributed by atoms with Gasteiger partial charge < -0.3 is 4.74 Å². The molecule has 108 valence electrons. The van der Waals surface area contributed by atoms with Gasteiger partial charge in [0.15, 0.2) is 0 Å². The quantitative estimate of drug-likeness (QED) is 0.573. The molecule has 3 rings (SSSR count). The molecular formula is C19H20O2. The van der Waals surface area contributed by atoms with Gasteiger partial charge in [-0.25, -0.2) is 0 Å². The van der Waals surface area contributed by atoms with Crippen LogP contribution in [0.3, 0.4) is 0 Å². The highest BCUT2D eigenvalue weighted by Gasteiger charge is 2.12. The first kappa shape index (κ1) is 13.9. The van der Waals surface area contributed by atoms with Gasteiger partial charge in [0, 0.05) is 6.92 Å². The van der Waals surface area contributed by atoms with Crippen molar-refractivity contribution in [1.29, 1.82) is 0 Å². The fraction of sp³-hybridized carbons (Fsp3) is 0.316. The van der Waals surface area contributed by atoms with Crippen LogP contribution in [0, 0.1) is 5.92 Å². The third kappa shape index (κ3) is 3.15. The lowest BCUT2D eigenvalue weighted by Crippen LogP contribution is -2.01. The van der Waals surface area contributed by atoms with Gasteiger partial charge in [0.25, 0.3) is 0 Å². The van der Waals surface area contributed by atoms with Gasteiger partial charge in [-0.05, 0) is 65.3 Å². The lowest BCUT2D eigenvalue weighted by Gasteiger charge is -2.18. The molecule has 1 aliphatic rings. The van der Waals surface area contributed by atoms with Crippen LogP contribution in [0.2, 0.25) is 0 Å². The van der Waals surface area contributed by atoms with Crippen LogP contribution in [0.1, 0.15) is 38.7 Å². The van der Waals surface area contributed by atoms with E-state index in [0.717, 1.165) is 17.7 Å². The van der Waals surface area contributed by atoms with Crippen molar-refractivity contribution in [3.05, 3.63) is 48.0 Å². The predicted octanol–water partition coefficient (Wildman–Crippen LogP) is 4.97. The average molecular weight is 280 g/mol. The van der Waals surface area contributed by atoms with Crippen molar-refractivity contribution in [2.24, 2.45) is 5.92 Å². The second-order valence-electron chi connectivity index (χ2n) is 5.93. The average Bonchev–Trinajstić information content (AvgIpc) is 2.47. The molecule has 21 heavy (non-hydrogen) atoms. The van der Waals surface area contributed by atoms with Gasteiger partial charge in [-0.2, -0.15) is 0 Å². The normalized spacial score (nSPS) is 18.4. The van der Waals surface area contributed by atoms with Crippen molar-refractivity contribution >= 4 is 22.3 Å². The Morgan fingerprint density at radius 1 is 1.14 bits per heavy atom. The number of rotatable bonds is 2. The van der Waals surface area contributed by atoms with Crippen molar-refractivity contribution < 1.29 is 9.53 Å². The Hall–Kier alpha value is -2.09. The number of hydrogen-bond acceptors (Lipinski definition) is 2. The van der Waals surface area contributed by atoms with Crippen molar-refractivity contribution in [3.8, 4) is 5.75 Å². The SMILES string of the molecule is CC(=O)Oc1ccc2cc(C3=CCC(C)CC3)ccc2c1. The van der Waals surface area contributed by atoms with E-state index in [1.165, 1.54) is 36.3 Å². The molecule has 0 bridgehead atoms. The summed E-state index contributed by atoms with van der Waals surface area (Å²) in [6.07, 6.45) is 5.99. The highest BCUT2D eigenvalue weighted by atomic mass is 16.5. The van der Waals surface area contributed by atoms with E-state index < -0.39 is 0 Å². The van der Waals surface area contributed by atoms with Crippen LogP contribution in [-0.2, 0) is 4.79 Å². The summed E-state index contributed by atoms with van der Waals surface area (Å²) in [5.41, 5.74) is 2.77. The van der Waals surface area contributed by atoms with Crippen LogP contribution in [0.25, 0.3) is 16.3 Å². The molecule has 0 fully saturated rings. The third-order valence-corrected chi connectivity index (χ3v) is 4.12. The van der Waals surface area contributed by atoms with Crippen LogP contribution in [0.5, 0.6) is 5.75 Å². The Balaban J connectivity index is 1.92. The van der Waals surface area contributed by atoms with Crippen molar-refractivity contribution in [2.75, 3.05) is 0 Å². The molecule has 0 heterocycles. The molecule has 2 aromatic carbocycles. The Morgan fingerprint density at radius 3 is 2.62 bits per heavy atom. The van der Waals surface area contributed by atoms with E-state index in [1.54, 1.807) is 0 Å². The van der Waals surface area contributed by atoms with Crippen LogP contribution in [0.4, 0.5) is 0 Å². The third-order valence-electron chi connectivity index (χ3n) is 4.12. The lowest BCUT2D eigenvalue weighted by atomic mass is 9.87. The molecule has 0 spiro atoms. The van der Waals surface area contributed by atoms with E-state index in [0.29, 0.717) is 5.75 Å². The molecule has 1 atom stereocenters. The monoisotopic (exact) mass is 280 g/mol. The molecule has 0 aromatic heterocycles. The first-order valence-electron chi connectivity index (χ1n) is 7.53. The molecule has 1 aliphatic carbocycles. The van der Waals surface area contributed by atoms with Gasteiger partial charge in [-0.15, -0.1) is 0 Å². The van der Waals surface area contributed by atoms with E-state index in [-0.39, 0.29) is 5.97 Å². The summed E-state index contributed by atoms with van der Waals surface area (Å²) in [7, 11) is 0. The topological polar surface area (TPSA) is 26.3 Å². The Kier molecular flexibility index (Phi) is 3.78. The van der Waals surface area contributed by atoms with Crippen molar-refractivity contribution in [2.45, 2.75) is 33.1 Å². The number of esters is 1. The Labute approximate surface area is 125 Å². The minimum absolute atomic E-state index is 0.285. The van der Waals surface area contributed by atoms with E-state index in [1.807, 2.05) is 18.2 Å². The van der Waals surface area contributed by atoms with Crippen molar-refractivity contribution in [3.63, 3.8) is 0 Å². The maximum atomic E-state index is 11.0. The number of ether oxygens (including phenoxy) is 1. The summed E-state index contributed by atoms with van der Waals surface area (Å²) in [5.74, 6) is 1.13. The second-order valence-corrected chi connectivity index (χ2v) is 5.93. The predicted molar refractivity (Wildman–Crippen MR) is 86.2 cm³/mol. The summed E-state index contributed by atoms with van der Waals surface area (Å²) < 4.78 is 5.13. The van der Waals surface area contributed by atoms with Gasteiger partial charge in [-0.3, -0.25) is 4.79 Å². The highest BCUT2D eigenvalue weighted by Crippen LogP contribution is 2.32. The summed E-state index contributed by atoms with van der Waals surface area (Å²) in [6, 6.07) is 12.3. The first-order valence-corrected chi connectivity index (χ1v) is 7.53. The molecule has 0 saturated carbocycles. The second kappa shape index (κ2) is 5.72. The van der Waals surface area contributed by atoms with Gasteiger partial charge in [-0.1, -0.05) is 31.2 Å². The summed E-state index contributed by atoms with van der Waals surface area (Å²) in [5, 5.41) is 2.28. The van der Waals surface area contributed by atoms with Crippen LogP contribution < -0.4 is 4.74 Å². The van der Waals surface area contributed by atoms with Gasteiger partial charge in [0.05, 0.1) is 0 Å². The minimum Gasteiger partial charge on any atom is -0.427 e. The standard InChI is InChI=1S/C19H20O2/c1-13-3-5-15(6-4-13)16-7-8-18-12-19(21-14(2)20)10-9-17(18)11-16/h5,7-13H,3-4,6H2,1-2H3. The number of carbonyl (C=O) groups is 1. The van der Waals surface area contributed by atoms with E-state index in [4.69, 9.17) is 4.74 Å². The summed E-state index contributed by atoms with van der Waals surface area (Å²) >= 11 is 0. The molecule has 0 saturated heterocycles. The molecule has 0 radical (unpaired) electrons. The number of benzene rings is 2. The zero-order valence-corrected chi connectivity index (χ0v) is 12.6. The fourth-order valence-corrected chi connectivity index (χ4v) is 2.88. The molecule has 2 heteroatoms. The van der Waals surface area contributed by atoms with Gasteiger partial charge in [0.1, 0.15) is 5.75 Å². The van der Waals surface area contributed by atoms with Crippen LogP contribution >= 0.6 is 0 Å². The number of allylic oxidation sites excluding steroid dienone is 2. The Morgan fingerprint density at radius 2 is 1.90 bits per heavy atom. The Bertz CT molecular complexity index is 713. The molecule has 2 nitrogen and oxygen atoms in total. The van der Waals surface area contributed by atoms with Crippen LogP contribution in [0.15, 0.2) is 42.5 Å². The van der Waals surface area contributed by atoms with E-state index in [9.17, 15) is 4.79 Å². The van der Waals surface area contributed by atoms with Gasteiger partial charge in [0.2, 0.25) is 0 Å². The summed E-state index contributed by atoms with van der Waals surface area (Å²) in [4.78, 5) is 11.0. The zero-order chi connectivity index (χ0) is 14.8. The number of fused-ring (bicyclic) bond motifs is 1. The molecule has 1 unspecified atom stereocenters. The van der Waals surface area contributed by atoms with Crippen LogP contribution in [-0.4, -0.2) is 5.97 Å². The molecule has 0 aliphatic heterocycles. The molecule has 0 amide bonds. The largest absolute Gasteiger partial charge is 0.427 e. The van der Waals surface area contributed by atoms with Gasteiger partial charge >= 0.3 is 5.97 Å². The van der Waals surface area contributed by atoms with E-state index in [2.05, 4.69) is 31.2 Å². The first-order chi connectivity index (χ1) is 10.1. The smallest absolute Gasteiger partial charge is 0.308 e. The summed E-state index contributed by atoms with van der Waals surface area (Å²) in [6.45, 7) is 3.73. The van der Waals surface area contributed by atoms with E-state index >= 15 is 0 Å². The highest BCUT2D eigenvalue weighted by molar-refractivity contribution is 5.88. The zero-order valence-electron chi connectivity index (χ0n) is 12.6. The molecular weight excluding hydrogens is 260 g/mol. The molecule has 0 N–H and O–H groups in total. The molecule has 2 aromatic rings. The fourth-order valence-electron chi connectivity index (χ4n) is 2.88. The maximum Gasteiger partial charge on any atom is 0.308 e.